The molecule has 0 atom stereocenters. The van der Waals surface area contributed by atoms with Gasteiger partial charge in [-0.25, -0.2) is 0 Å². The molecule has 0 aliphatic carbocycles. The number of benzene rings is 5. The van der Waals surface area contributed by atoms with E-state index in [1.54, 1.807) is 0 Å². The van der Waals surface area contributed by atoms with Crippen molar-refractivity contribution in [3.63, 3.8) is 0 Å². The molecule has 5 aromatic carbocycles. The number of fused-ring (bicyclic) bond motifs is 6. The maximum Gasteiger partial charge on any atom is 0.135 e. The van der Waals surface area contributed by atoms with Crippen molar-refractivity contribution >= 4 is 43.7 Å². The molecule has 2 nitrogen and oxygen atoms in total. The molecular formula is C38H35NO. The van der Waals surface area contributed by atoms with Crippen LogP contribution in [0.2, 0.25) is 0 Å². The fraction of sp³-hybridized carbons (Fsp3) is 0.211. The summed E-state index contributed by atoms with van der Waals surface area (Å²) < 4.78 is 8.66. The Labute approximate surface area is 235 Å². The molecule has 2 heteroatoms. The number of furan rings is 1. The first kappa shape index (κ1) is 24.7. The van der Waals surface area contributed by atoms with Crippen LogP contribution in [0.15, 0.2) is 114 Å². The van der Waals surface area contributed by atoms with E-state index in [0.29, 0.717) is 0 Å². The van der Waals surface area contributed by atoms with E-state index in [1.807, 2.05) is 12.1 Å². The van der Waals surface area contributed by atoms with Crippen LogP contribution in [-0.4, -0.2) is 4.57 Å². The van der Waals surface area contributed by atoms with E-state index in [2.05, 4.69) is 136 Å². The highest BCUT2D eigenvalue weighted by molar-refractivity contribution is 6.11. The summed E-state index contributed by atoms with van der Waals surface area (Å²) in [4.78, 5) is 0. The molecule has 0 bridgehead atoms. The molecule has 2 aromatic heterocycles. The Hall–Kier alpha value is -4.30. The maximum absolute atomic E-state index is 6.22. The van der Waals surface area contributed by atoms with Gasteiger partial charge in [0.2, 0.25) is 0 Å². The van der Waals surface area contributed by atoms with E-state index in [4.69, 9.17) is 4.42 Å². The Morgan fingerprint density at radius 1 is 0.600 bits per heavy atom. The molecule has 0 amide bonds. The van der Waals surface area contributed by atoms with Gasteiger partial charge in [-0.05, 0) is 70.3 Å². The van der Waals surface area contributed by atoms with E-state index in [9.17, 15) is 0 Å². The second kappa shape index (κ2) is 8.86. The smallest absolute Gasteiger partial charge is 0.135 e. The number of hydrogen-bond donors (Lipinski definition) is 0. The lowest BCUT2D eigenvalue weighted by molar-refractivity contribution is 0.521. The molecule has 0 radical (unpaired) electrons. The zero-order chi connectivity index (χ0) is 27.6. The Morgan fingerprint density at radius 2 is 1.30 bits per heavy atom. The highest BCUT2D eigenvalue weighted by Crippen LogP contribution is 2.39. The lowest BCUT2D eigenvalue weighted by Crippen LogP contribution is -2.20. The topological polar surface area (TPSA) is 18.1 Å². The first-order chi connectivity index (χ1) is 19.2. The minimum Gasteiger partial charge on any atom is -0.456 e. The van der Waals surface area contributed by atoms with Gasteiger partial charge in [-0.2, -0.15) is 0 Å². The molecule has 0 saturated carbocycles. The summed E-state index contributed by atoms with van der Waals surface area (Å²) in [7, 11) is 0. The Kier molecular flexibility index (Phi) is 5.47. The SMILES string of the molecule is CC(C)(C)c1cccc2c1c1ccccc1n2-c1cccc(CC(C)(C)c2ccc3c(c2)oc2ccccc23)c1. The minimum absolute atomic E-state index is 0.0568. The van der Waals surface area contributed by atoms with Gasteiger partial charge >= 0.3 is 0 Å². The quantitative estimate of drug-likeness (QED) is 0.225. The molecule has 0 aliphatic heterocycles. The minimum atomic E-state index is -0.0635. The molecule has 7 aromatic rings. The van der Waals surface area contributed by atoms with Crippen LogP contribution in [0.25, 0.3) is 49.4 Å². The van der Waals surface area contributed by atoms with Gasteiger partial charge in [0, 0.05) is 27.2 Å². The molecule has 198 valence electrons. The summed E-state index contributed by atoms with van der Waals surface area (Å²) >= 11 is 0. The summed E-state index contributed by atoms with van der Waals surface area (Å²) in [5.41, 5.74) is 9.62. The summed E-state index contributed by atoms with van der Waals surface area (Å²) in [5.74, 6) is 0. The predicted molar refractivity (Wildman–Crippen MR) is 170 cm³/mol. The van der Waals surface area contributed by atoms with Crippen LogP contribution in [0, 0.1) is 0 Å². The molecule has 0 aliphatic rings. The number of hydrogen-bond acceptors (Lipinski definition) is 1. The highest BCUT2D eigenvalue weighted by atomic mass is 16.3. The fourth-order valence-electron chi connectivity index (χ4n) is 6.49. The van der Waals surface area contributed by atoms with E-state index >= 15 is 0 Å². The van der Waals surface area contributed by atoms with Crippen molar-refractivity contribution in [2.24, 2.45) is 0 Å². The van der Waals surface area contributed by atoms with Crippen LogP contribution in [0.3, 0.4) is 0 Å². The Bertz CT molecular complexity index is 2040. The average molecular weight is 522 g/mol. The molecule has 0 unspecified atom stereocenters. The van der Waals surface area contributed by atoms with Crippen LogP contribution >= 0.6 is 0 Å². The third-order valence-electron chi connectivity index (χ3n) is 8.48. The first-order valence-electron chi connectivity index (χ1n) is 14.2. The molecule has 0 saturated heterocycles. The van der Waals surface area contributed by atoms with Gasteiger partial charge in [-0.1, -0.05) is 107 Å². The van der Waals surface area contributed by atoms with Crippen LogP contribution < -0.4 is 0 Å². The van der Waals surface area contributed by atoms with Crippen molar-refractivity contribution < 1.29 is 4.42 Å². The van der Waals surface area contributed by atoms with Crippen molar-refractivity contribution in [2.45, 2.75) is 51.9 Å². The van der Waals surface area contributed by atoms with Gasteiger partial charge in [-0.15, -0.1) is 0 Å². The second-order valence-corrected chi connectivity index (χ2v) is 12.8. The Balaban J connectivity index is 1.31. The van der Waals surface area contributed by atoms with Crippen LogP contribution in [0.4, 0.5) is 0 Å². The largest absolute Gasteiger partial charge is 0.456 e. The second-order valence-electron chi connectivity index (χ2n) is 12.8. The molecule has 0 fully saturated rings. The molecule has 40 heavy (non-hydrogen) atoms. The Morgan fingerprint density at radius 3 is 2.12 bits per heavy atom. The molecule has 0 spiro atoms. The molecule has 2 heterocycles. The lowest BCUT2D eigenvalue weighted by atomic mass is 9.79. The summed E-state index contributed by atoms with van der Waals surface area (Å²) in [6, 6.07) is 39.7. The zero-order valence-corrected chi connectivity index (χ0v) is 24.0. The molecule has 0 N–H and O–H groups in total. The highest BCUT2D eigenvalue weighted by Gasteiger charge is 2.24. The van der Waals surface area contributed by atoms with Gasteiger partial charge in [0.1, 0.15) is 11.2 Å². The fourth-order valence-corrected chi connectivity index (χ4v) is 6.49. The standard InChI is InChI=1S/C38H35NO/c1-37(2,3)31-16-11-18-33-36(31)30-15-6-8-17-32(30)39(33)27-13-10-12-25(22-27)24-38(4,5)26-20-21-29-28-14-7-9-19-34(28)40-35(29)23-26/h6-23H,24H2,1-5H3. The van der Waals surface area contributed by atoms with E-state index in [-0.39, 0.29) is 10.8 Å². The van der Waals surface area contributed by atoms with Crippen molar-refractivity contribution in [2.75, 3.05) is 0 Å². The monoisotopic (exact) mass is 521 g/mol. The predicted octanol–water partition coefficient (Wildman–Crippen LogP) is 10.5. The number of para-hydroxylation sites is 2. The molecular weight excluding hydrogens is 486 g/mol. The summed E-state index contributed by atoms with van der Waals surface area (Å²) in [5, 5.41) is 5.02. The molecule has 7 rings (SSSR count). The van der Waals surface area contributed by atoms with Gasteiger partial charge in [0.25, 0.3) is 0 Å². The van der Waals surface area contributed by atoms with E-state index in [1.165, 1.54) is 55.0 Å². The van der Waals surface area contributed by atoms with Crippen LogP contribution in [0.5, 0.6) is 0 Å². The van der Waals surface area contributed by atoms with Gasteiger partial charge in [0.15, 0.2) is 0 Å². The number of nitrogens with zero attached hydrogens (tertiary/aromatic N) is 1. The van der Waals surface area contributed by atoms with Crippen molar-refractivity contribution in [3.8, 4) is 5.69 Å². The van der Waals surface area contributed by atoms with E-state index in [0.717, 1.165) is 17.6 Å². The average Bonchev–Trinajstić information content (AvgIpc) is 3.48. The zero-order valence-electron chi connectivity index (χ0n) is 24.0. The lowest BCUT2D eigenvalue weighted by Gasteiger charge is -2.26. The van der Waals surface area contributed by atoms with Gasteiger partial charge in [-0.3, -0.25) is 0 Å². The maximum atomic E-state index is 6.22. The van der Waals surface area contributed by atoms with Crippen molar-refractivity contribution in [1.29, 1.82) is 0 Å². The first-order valence-corrected chi connectivity index (χ1v) is 14.2. The van der Waals surface area contributed by atoms with Crippen LogP contribution in [-0.2, 0) is 17.3 Å². The van der Waals surface area contributed by atoms with E-state index < -0.39 is 0 Å². The van der Waals surface area contributed by atoms with Crippen molar-refractivity contribution in [1.82, 2.24) is 4.57 Å². The number of rotatable bonds is 4. The number of aromatic nitrogens is 1. The van der Waals surface area contributed by atoms with Gasteiger partial charge < -0.3 is 8.98 Å². The third-order valence-corrected chi connectivity index (χ3v) is 8.48. The summed E-state index contributed by atoms with van der Waals surface area (Å²) in [6.07, 6.45) is 0.928. The third kappa shape index (κ3) is 3.93. The summed E-state index contributed by atoms with van der Waals surface area (Å²) in [6.45, 7) is 11.6. The van der Waals surface area contributed by atoms with Gasteiger partial charge in [0.05, 0.1) is 11.0 Å². The normalized spacial score (nSPS) is 12.7. The van der Waals surface area contributed by atoms with Crippen LogP contribution in [0.1, 0.15) is 51.3 Å². The van der Waals surface area contributed by atoms with Crippen molar-refractivity contribution in [3.05, 3.63) is 126 Å².